The summed E-state index contributed by atoms with van der Waals surface area (Å²) in [6.07, 6.45) is 0.619. The number of amides is 2. The number of carbonyl (C=O) groups excluding carboxylic acids is 2. The van der Waals surface area contributed by atoms with Crippen molar-refractivity contribution in [2.24, 2.45) is 0 Å². The Morgan fingerprint density at radius 2 is 1.38 bits per heavy atom. The van der Waals surface area contributed by atoms with Gasteiger partial charge in [-0.3, -0.25) is 14.5 Å². The van der Waals surface area contributed by atoms with Gasteiger partial charge in [0, 0.05) is 6.54 Å². The van der Waals surface area contributed by atoms with E-state index in [1.54, 1.807) is 0 Å². The van der Waals surface area contributed by atoms with Gasteiger partial charge in [0.15, 0.2) is 0 Å². The van der Waals surface area contributed by atoms with Crippen LogP contribution in [0.2, 0.25) is 10.0 Å². The van der Waals surface area contributed by atoms with Gasteiger partial charge < -0.3 is 0 Å². The van der Waals surface area contributed by atoms with Crippen LogP contribution >= 0.6 is 23.2 Å². The van der Waals surface area contributed by atoms with Crippen molar-refractivity contribution < 1.29 is 9.59 Å². The second-order valence-electron chi connectivity index (χ2n) is 4.81. The lowest BCUT2D eigenvalue weighted by atomic mass is 10.1. The zero-order chi connectivity index (χ0) is 15.0. The quantitative estimate of drug-likeness (QED) is 0.806. The molecular weight excluding hydrogens is 309 g/mol. The SMILES string of the molecule is O=C1c2cc(Cl)c(Cl)cc2C(=O)N1CCc1ccccc1. The number of carbonyl (C=O) groups is 2. The number of nitrogens with zero attached hydrogens (tertiary/aromatic N) is 1. The van der Waals surface area contributed by atoms with Crippen molar-refractivity contribution in [1.82, 2.24) is 4.90 Å². The number of halogens is 2. The zero-order valence-corrected chi connectivity index (χ0v) is 12.5. The van der Waals surface area contributed by atoms with Crippen LogP contribution in [0.4, 0.5) is 0 Å². The second kappa shape index (κ2) is 5.51. The first-order chi connectivity index (χ1) is 10.1. The zero-order valence-electron chi connectivity index (χ0n) is 11.0. The Bertz CT molecular complexity index is 688. The summed E-state index contributed by atoms with van der Waals surface area (Å²) in [7, 11) is 0. The van der Waals surface area contributed by atoms with E-state index in [1.165, 1.54) is 17.0 Å². The Labute approximate surface area is 132 Å². The molecule has 0 atom stereocenters. The van der Waals surface area contributed by atoms with E-state index in [0.717, 1.165) is 5.56 Å². The minimum atomic E-state index is -0.315. The first-order valence-electron chi connectivity index (χ1n) is 6.47. The van der Waals surface area contributed by atoms with Crippen LogP contribution in [-0.2, 0) is 6.42 Å². The van der Waals surface area contributed by atoms with Gasteiger partial charge in [-0.1, -0.05) is 53.5 Å². The summed E-state index contributed by atoms with van der Waals surface area (Å²) in [5.74, 6) is -0.631. The lowest BCUT2D eigenvalue weighted by molar-refractivity contribution is 0.0656. The summed E-state index contributed by atoms with van der Waals surface area (Å²) >= 11 is 11.8. The van der Waals surface area contributed by atoms with Crippen molar-refractivity contribution in [1.29, 1.82) is 0 Å². The molecule has 3 rings (SSSR count). The van der Waals surface area contributed by atoms with E-state index in [1.807, 2.05) is 30.3 Å². The average Bonchev–Trinajstić information content (AvgIpc) is 2.71. The van der Waals surface area contributed by atoms with Crippen molar-refractivity contribution in [3.8, 4) is 0 Å². The van der Waals surface area contributed by atoms with Gasteiger partial charge in [0.1, 0.15) is 0 Å². The summed E-state index contributed by atoms with van der Waals surface area (Å²) in [5.41, 5.74) is 1.72. The molecule has 0 saturated carbocycles. The highest BCUT2D eigenvalue weighted by atomic mass is 35.5. The fourth-order valence-corrected chi connectivity index (χ4v) is 2.70. The van der Waals surface area contributed by atoms with E-state index in [-0.39, 0.29) is 21.9 Å². The maximum absolute atomic E-state index is 12.3. The van der Waals surface area contributed by atoms with Crippen LogP contribution in [0.15, 0.2) is 42.5 Å². The van der Waals surface area contributed by atoms with Crippen LogP contribution < -0.4 is 0 Å². The minimum absolute atomic E-state index is 0.279. The van der Waals surface area contributed by atoms with Crippen molar-refractivity contribution >= 4 is 35.0 Å². The fourth-order valence-electron chi connectivity index (χ4n) is 2.37. The Morgan fingerprint density at radius 3 is 1.90 bits per heavy atom. The van der Waals surface area contributed by atoms with Crippen molar-refractivity contribution in [3.63, 3.8) is 0 Å². The van der Waals surface area contributed by atoms with Crippen LogP contribution in [-0.4, -0.2) is 23.3 Å². The normalized spacial score (nSPS) is 13.7. The van der Waals surface area contributed by atoms with Gasteiger partial charge in [-0.2, -0.15) is 0 Å². The Hall–Kier alpha value is -1.84. The second-order valence-corrected chi connectivity index (χ2v) is 5.62. The Morgan fingerprint density at radius 1 is 0.857 bits per heavy atom. The highest BCUT2D eigenvalue weighted by molar-refractivity contribution is 6.43. The van der Waals surface area contributed by atoms with Crippen molar-refractivity contribution in [3.05, 3.63) is 69.2 Å². The third-order valence-corrected chi connectivity index (χ3v) is 4.20. The van der Waals surface area contributed by atoms with E-state index in [9.17, 15) is 9.59 Å². The Kier molecular flexibility index (Phi) is 3.70. The van der Waals surface area contributed by atoms with Gasteiger partial charge in [0.2, 0.25) is 0 Å². The van der Waals surface area contributed by atoms with Crippen LogP contribution in [0.3, 0.4) is 0 Å². The fraction of sp³-hybridized carbons (Fsp3) is 0.125. The van der Waals surface area contributed by atoms with E-state index in [2.05, 4.69) is 0 Å². The van der Waals surface area contributed by atoms with Gasteiger partial charge in [0.25, 0.3) is 11.8 Å². The summed E-state index contributed by atoms with van der Waals surface area (Å²) in [6.45, 7) is 0.339. The summed E-state index contributed by atoms with van der Waals surface area (Å²) in [4.78, 5) is 25.8. The Balaban J connectivity index is 1.83. The number of benzene rings is 2. The molecule has 2 aromatic rings. The van der Waals surface area contributed by atoms with Gasteiger partial charge >= 0.3 is 0 Å². The molecule has 5 heteroatoms. The van der Waals surface area contributed by atoms with Crippen LogP contribution in [0.1, 0.15) is 26.3 Å². The molecule has 0 saturated heterocycles. The van der Waals surface area contributed by atoms with Crippen molar-refractivity contribution in [2.45, 2.75) is 6.42 Å². The average molecular weight is 320 g/mol. The first-order valence-corrected chi connectivity index (χ1v) is 7.22. The van der Waals surface area contributed by atoms with Gasteiger partial charge in [-0.15, -0.1) is 0 Å². The smallest absolute Gasteiger partial charge is 0.261 e. The first kappa shape index (κ1) is 14.1. The molecular formula is C16H11Cl2NO2. The molecule has 0 fully saturated rings. The third kappa shape index (κ3) is 2.55. The van der Waals surface area contributed by atoms with Crippen LogP contribution in [0, 0.1) is 0 Å². The molecule has 0 aliphatic carbocycles. The molecule has 2 amide bonds. The topological polar surface area (TPSA) is 37.4 Å². The number of rotatable bonds is 3. The summed E-state index contributed by atoms with van der Waals surface area (Å²) in [6, 6.07) is 12.6. The number of imide groups is 1. The van der Waals surface area contributed by atoms with E-state index < -0.39 is 0 Å². The van der Waals surface area contributed by atoms with Crippen LogP contribution in [0.25, 0.3) is 0 Å². The molecule has 0 aromatic heterocycles. The number of hydrogen-bond acceptors (Lipinski definition) is 2. The minimum Gasteiger partial charge on any atom is -0.274 e. The van der Waals surface area contributed by atoms with E-state index in [4.69, 9.17) is 23.2 Å². The highest BCUT2D eigenvalue weighted by Gasteiger charge is 2.35. The van der Waals surface area contributed by atoms with Crippen molar-refractivity contribution in [2.75, 3.05) is 6.54 Å². The molecule has 0 unspecified atom stereocenters. The van der Waals surface area contributed by atoms with Gasteiger partial charge in [0.05, 0.1) is 21.2 Å². The molecule has 3 nitrogen and oxygen atoms in total. The predicted molar refractivity (Wildman–Crippen MR) is 82.0 cm³/mol. The largest absolute Gasteiger partial charge is 0.274 e. The molecule has 1 aliphatic heterocycles. The van der Waals surface area contributed by atoms with E-state index >= 15 is 0 Å². The molecule has 0 bridgehead atoms. The highest BCUT2D eigenvalue weighted by Crippen LogP contribution is 2.31. The molecule has 0 spiro atoms. The number of fused-ring (bicyclic) bond motifs is 1. The molecule has 21 heavy (non-hydrogen) atoms. The molecule has 1 aliphatic rings. The lowest BCUT2D eigenvalue weighted by Gasteiger charge is -2.13. The maximum Gasteiger partial charge on any atom is 0.261 e. The maximum atomic E-state index is 12.3. The predicted octanol–water partition coefficient (Wildman–Crippen LogP) is 3.83. The van der Waals surface area contributed by atoms with Gasteiger partial charge in [-0.05, 0) is 24.1 Å². The molecule has 0 radical (unpaired) electrons. The summed E-state index contributed by atoms with van der Waals surface area (Å²) in [5, 5.41) is 0.558. The summed E-state index contributed by atoms with van der Waals surface area (Å²) < 4.78 is 0. The molecule has 2 aromatic carbocycles. The lowest BCUT2D eigenvalue weighted by Crippen LogP contribution is -2.31. The molecule has 106 valence electrons. The third-order valence-electron chi connectivity index (χ3n) is 3.48. The number of hydrogen-bond donors (Lipinski definition) is 0. The van der Waals surface area contributed by atoms with E-state index in [0.29, 0.717) is 24.1 Å². The molecule has 0 N–H and O–H groups in total. The van der Waals surface area contributed by atoms with Crippen LogP contribution in [0.5, 0.6) is 0 Å². The monoisotopic (exact) mass is 319 g/mol. The van der Waals surface area contributed by atoms with Gasteiger partial charge in [-0.25, -0.2) is 0 Å². The standard InChI is InChI=1S/C16H11Cl2NO2/c17-13-8-11-12(9-14(13)18)16(21)19(15(11)20)7-6-10-4-2-1-3-5-10/h1-5,8-9H,6-7H2. The molecule has 1 heterocycles.